The monoisotopic (exact) mass is 372 g/mol. The van der Waals surface area contributed by atoms with Crippen LogP contribution in [0.1, 0.15) is 16.0 Å². The molecular formula is C18H20N4OS2. The van der Waals surface area contributed by atoms with Crippen LogP contribution < -0.4 is 5.32 Å². The van der Waals surface area contributed by atoms with E-state index in [1.165, 1.54) is 16.6 Å². The Kier molecular flexibility index (Phi) is 5.24. The zero-order valence-electron chi connectivity index (χ0n) is 14.7. The van der Waals surface area contributed by atoms with Gasteiger partial charge in [-0.15, -0.1) is 21.5 Å². The van der Waals surface area contributed by atoms with Crippen LogP contribution >= 0.6 is 23.1 Å². The third-order valence-electron chi connectivity index (χ3n) is 3.66. The number of aromatic nitrogens is 3. The van der Waals surface area contributed by atoms with Gasteiger partial charge in [-0.05, 0) is 50.1 Å². The van der Waals surface area contributed by atoms with Crippen LogP contribution in [0.5, 0.6) is 0 Å². The van der Waals surface area contributed by atoms with Gasteiger partial charge in [0, 0.05) is 28.6 Å². The number of nitrogens with zero attached hydrogens (tertiary/aromatic N) is 3. The number of aryl methyl sites for hydroxylation is 3. The fraction of sp³-hybridized carbons (Fsp3) is 0.278. The Balaban J connectivity index is 1.63. The summed E-state index contributed by atoms with van der Waals surface area (Å²) < 4.78 is 1.93. The molecule has 25 heavy (non-hydrogen) atoms. The predicted molar refractivity (Wildman–Crippen MR) is 104 cm³/mol. The Bertz CT molecular complexity index is 893. The second kappa shape index (κ2) is 7.41. The second-order valence-electron chi connectivity index (χ2n) is 6.02. The number of carbonyl (C=O) groups excluding carboxylic acids is 1. The molecule has 0 radical (unpaired) electrons. The molecular weight excluding hydrogens is 352 g/mol. The molecule has 2 aromatic heterocycles. The van der Waals surface area contributed by atoms with E-state index in [0.717, 1.165) is 33.4 Å². The highest BCUT2D eigenvalue weighted by atomic mass is 32.2. The van der Waals surface area contributed by atoms with Crippen LogP contribution in [-0.4, -0.2) is 26.4 Å². The van der Waals surface area contributed by atoms with Crippen molar-refractivity contribution >= 4 is 34.7 Å². The van der Waals surface area contributed by atoms with Crippen LogP contribution in [0.4, 0.5) is 5.69 Å². The van der Waals surface area contributed by atoms with E-state index in [0.29, 0.717) is 5.75 Å². The van der Waals surface area contributed by atoms with Crippen LogP contribution in [0.15, 0.2) is 34.8 Å². The standard InChI is InChI=1S/C18H20N4OS2/c1-11-5-12(2)7-15(6-11)19-16(23)10-25-18-21-20-17(22(18)4)14-8-13(3)24-9-14/h5-9H,10H2,1-4H3,(H,19,23). The van der Waals surface area contributed by atoms with Crippen LogP contribution in [0.2, 0.25) is 0 Å². The number of carbonyl (C=O) groups is 1. The number of amides is 1. The Labute approximate surface area is 155 Å². The molecule has 0 bridgehead atoms. The molecule has 1 N–H and O–H groups in total. The fourth-order valence-corrected chi connectivity index (χ4v) is 4.02. The van der Waals surface area contributed by atoms with Gasteiger partial charge >= 0.3 is 0 Å². The molecule has 0 atom stereocenters. The number of anilines is 1. The van der Waals surface area contributed by atoms with Gasteiger partial charge in [0.1, 0.15) is 0 Å². The molecule has 7 heteroatoms. The first-order chi connectivity index (χ1) is 11.9. The zero-order chi connectivity index (χ0) is 18.0. The van der Waals surface area contributed by atoms with E-state index in [1.54, 1.807) is 11.3 Å². The summed E-state index contributed by atoms with van der Waals surface area (Å²) in [7, 11) is 1.92. The van der Waals surface area contributed by atoms with Gasteiger partial charge in [-0.2, -0.15) is 0 Å². The maximum atomic E-state index is 12.2. The number of thioether (sulfide) groups is 1. The van der Waals surface area contributed by atoms with Gasteiger partial charge in [-0.1, -0.05) is 17.8 Å². The Morgan fingerprint density at radius 2 is 1.88 bits per heavy atom. The predicted octanol–water partition coefficient (Wildman–Crippen LogP) is 4.20. The molecule has 0 unspecified atom stereocenters. The maximum Gasteiger partial charge on any atom is 0.234 e. The van der Waals surface area contributed by atoms with Gasteiger partial charge < -0.3 is 9.88 Å². The zero-order valence-corrected chi connectivity index (χ0v) is 16.3. The lowest BCUT2D eigenvalue weighted by molar-refractivity contribution is -0.113. The minimum Gasteiger partial charge on any atom is -0.325 e. The van der Waals surface area contributed by atoms with E-state index in [-0.39, 0.29) is 5.91 Å². The highest BCUT2D eigenvalue weighted by molar-refractivity contribution is 7.99. The SMILES string of the molecule is Cc1cc(C)cc(NC(=O)CSc2nnc(-c3csc(C)c3)n2C)c1. The number of hydrogen-bond acceptors (Lipinski definition) is 5. The quantitative estimate of drug-likeness (QED) is 0.682. The molecule has 0 saturated carbocycles. The van der Waals surface area contributed by atoms with Crippen LogP contribution in [0.3, 0.4) is 0 Å². The van der Waals surface area contributed by atoms with Crippen molar-refractivity contribution in [1.82, 2.24) is 14.8 Å². The molecule has 2 heterocycles. The van der Waals surface area contributed by atoms with Crippen LogP contribution in [0.25, 0.3) is 11.4 Å². The summed E-state index contributed by atoms with van der Waals surface area (Å²) >= 11 is 3.07. The number of nitrogens with one attached hydrogen (secondary N) is 1. The van der Waals surface area contributed by atoms with Crippen molar-refractivity contribution in [3.8, 4) is 11.4 Å². The first-order valence-electron chi connectivity index (χ1n) is 7.88. The summed E-state index contributed by atoms with van der Waals surface area (Å²) in [5.74, 6) is 1.06. The van der Waals surface area contributed by atoms with E-state index in [4.69, 9.17) is 0 Å². The molecule has 0 aliphatic carbocycles. The first kappa shape index (κ1) is 17.7. The smallest absolute Gasteiger partial charge is 0.234 e. The molecule has 0 aliphatic rings. The molecule has 3 aromatic rings. The van der Waals surface area contributed by atoms with E-state index < -0.39 is 0 Å². The van der Waals surface area contributed by atoms with Gasteiger partial charge in [0.2, 0.25) is 5.91 Å². The molecule has 0 spiro atoms. The van der Waals surface area contributed by atoms with Crippen molar-refractivity contribution in [3.05, 3.63) is 45.6 Å². The molecule has 0 aliphatic heterocycles. The van der Waals surface area contributed by atoms with E-state index in [2.05, 4.69) is 40.0 Å². The summed E-state index contributed by atoms with van der Waals surface area (Å²) in [4.78, 5) is 13.4. The molecule has 3 rings (SSSR count). The number of hydrogen-bond donors (Lipinski definition) is 1. The summed E-state index contributed by atoms with van der Waals surface area (Å²) in [6.07, 6.45) is 0. The molecule has 130 valence electrons. The Morgan fingerprint density at radius 1 is 1.16 bits per heavy atom. The number of benzene rings is 1. The van der Waals surface area contributed by atoms with Crippen molar-refractivity contribution in [2.45, 2.75) is 25.9 Å². The third-order valence-corrected chi connectivity index (χ3v) is 5.54. The Hall–Kier alpha value is -2.12. The van der Waals surface area contributed by atoms with Crippen molar-refractivity contribution in [2.75, 3.05) is 11.1 Å². The number of rotatable bonds is 5. The van der Waals surface area contributed by atoms with E-state index in [9.17, 15) is 4.79 Å². The van der Waals surface area contributed by atoms with Gasteiger partial charge in [0.25, 0.3) is 0 Å². The molecule has 5 nitrogen and oxygen atoms in total. The normalized spacial score (nSPS) is 10.9. The topological polar surface area (TPSA) is 59.8 Å². The van der Waals surface area contributed by atoms with Gasteiger partial charge in [0.15, 0.2) is 11.0 Å². The summed E-state index contributed by atoms with van der Waals surface area (Å²) in [6, 6.07) is 8.11. The number of thiophene rings is 1. The lowest BCUT2D eigenvalue weighted by atomic mass is 10.1. The van der Waals surface area contributed by atoms with Gasteiger partial charge in [-0.25, -0.2) is 0 Å². The third kappa shape index (κ3) is 4.29. The Morgan fingerprint density at radius 3 is 2.52 bits per heavy atom. The average Bonchev–Trinajstić information content (AvgIpc) is 3.10. The van der Waals surface area contributed by atoms with Crippen molar-refractivity contribution < 1.29 is 4.79 Å². The van der Waals surface area contributed by atoms with Gasteiger partial charge in [0.05, 0.1) is 5.75 Å². The molecule has 1 aromatic carbocycles. The minimum atomic E-state index is -0.0501. The average molecular weight is 373 g/mol. The van der Waals surface area contributed by atoms with Crippen molar-refractivity contribution in [2.24, 2.45) is 7.05 Å². The minimum absolute atomic E-state index is 0.0501. The highest BCUT2D eigenvalue weighted by Crippen LogP contribution is 2.26. The highest BCUT2D eigenvalue weighted by Gasteiger charge is 2.14. The lowest BCUT2D eigenvalue weighted by Gasteiger charge is -2.07. The summed E-state index contributed by atoms with van der Waals surface area (Å²) in [5.41, 5.74) is 4.15. The largest absolute Gasteiger partial charge is 0.325 e. The molecule has 1 amide bonds. The summed E-state index contributed by atoms with van der Waals surface area (Å²) in [6.45, 7) is 6.10. The van der Waals surface area contributed by atoms with E-state index >= 15 is 0 Å². The molecule has 0 saturated heterocycles. The molecule has 0 fully saturated rings. The lowest BCUT2D eigenvalue weighted by Crippen LogP contribution is -2.14. The second-order valence-corrected chi connectivity index (χ2v) is 8.08. The summed E-state index contributed by atoms with van der Waals surface area (Å²) in [5, 5.41) is 14.2. The van der Waals surface area contributed by atoms with E-state index in [1.807, 2.05) is 37.6 Å². The van der Waals surface area contributed by atoms with Crippen LogP contribution in [-0.2, 0) is 11.8 Å². The fourth-order valence-electron chi connectivity index (χ4n) is 2.63. The van der Waals surface area contributed by atoms with Crippen molar-refractivity contribution in [1.29, 1.82) is 0 Å². The van der Waals surface area contributed by atoms with Gasteiger partial charge in [-0.3, -0.25) is 4.79 Å². The van der Waals surface area contributed by atoms with Crippen molar-refractivity contribution in [3.63, 3.8) is 0 Å². The maximum absolute atomic E-state index is 12.2. The first-order valence-corrected chi connectivity index (χ1v) is 9.75. The van der Waals surface area contributed by atoms with Crippen LogP contribution in [0, 0.1) is 20.8 Å².